The smallest absolute Gasteiger partial charge is 0.315 e. The van der Waals surface area contributed by atoms with Gasteiger partial charge in [-0.1, -0.05) is 61.4 Å². The molecular weight excluding hydrogens is 466 g/mol. The molecule has 2 aliphatic heterocycles. The maximum absolute atomic E-state index is 14.1. The van der Waals surface area contributed by atoms with Crippen molar-refractivity contribution in [3.63, 3.8) is 0 Å². The van der Waals surface area contributed by atoms with Crippen molar-refractivity contribution in [2.45, 2.75) is 57.2 Å². The molecule has 5 rings (SSSR count). The molecule has 0 radical (unpaired) electrons. The number of para-hydroxylation sites is 1. The van der Waals surface area contributed by atoms with Crippen molar-refractivity contribution < 1.29 is 14.4 Å². The maximum atomic E-state index is 14.1. The van der Waals surface area contributed by atoms with Gasteiger partial charge in [0.2, 0.25) is 11.8 Å². The number of hydrogen-bond donors (Lipinski definition) is 4. The van der Waals surface area contributed by atoms with Gasteiger partial charge in [0.1, 0.15) is 0 Å². The third-order valence-electron chi connectivity index (χ3n) is 8.09. The Morgan fingerprint density at radius 2 is 1.65 bits per heavy atom. The number of likely N-dealkylation sites (tertiary alicyclic amines) is 1. The Hall–Kier alpha value is -3.55. The van der Waals surface area contributed by atoms with Crippen LogP contribution in [-0.4, -0.2) is 48.4 Å². The van der Waals surface area contributed by atoms with Crippen molar-refractivity contribution in [1.82, 2.24) is 20.9 Å². The van der Waals surface area contributed by atoms with Crippen molar-refractivity contribution >= 4 is 23.5 Å². The number of benzene rings is 2. The first kappa shape index (κ1) is 25.1. The predicted molar refractivity (Wildman–Crippen MR) is 143 cm³/mol. The molecule has 8 heteroatoms. The molecule has 0 spiro atoms. The van der Waals surface area contributed by atoms with Gasteiger partial charge in [0.25, 0.3) is 0 Å². The Morgan fingerprint density at radius 1 is 0.919 bits per heavy atom. The molecule has 5 atom stereocenters. The fourth-order valence-corrected chi connectivity index (χ4v) is 6.41. The number of fused-ring (bicyclic) bond motifs is 3. The van der Waals surface area contributed by atoms with Gasteiger partial charge in [0.15, 0.2) is 0 Å². The van der Waals surface area contributed by atoms with Gasteiger partial charge in [0.05, 0.1) is 18.0 Å². The normalized spacial score (nSPS) is 26.3. The Bertz CT molecular complexity index is 1120. The number of carbonyl (C=O) groups is 3. The summed E-state index contributed by atoms with van der Waals surface area (Å²) in [4.78, 5) is 39.8. The van der Waals surface area contributed by atoms with Gasteiger partial charge < -0.3 is 26.2 Å². The van der Waals surface area contributed by atoms with Crippen molar-refractivity contribution in [2.24, 2.45) is 11.8 Å². The number of amides is 4. The van der Waals surface area contributed by atoms with Crippen LogP contribution in [0.15, 0.2) is 54.6 Å². The van der Waals surface area contributed by atoms with E-state index in [1.165, 1.54) is 18.1 Å². The van der Waals surface area contributed by atoms with Gasteiger partial charge in [-0.2, -0.15) is 0 Å². The quantitative estimate of drug-likeness (QED) is 0.451. The number of nitrogens with one attached hydrogen (secondary N) is 4. The molecular formula is C29H37N5O3. The molecule has 3 aliphatic rings. The fraction of sp³-hybridized carbons (Fsp3) is 0.483. The second kappa shape index (κ2) is 11.2. The fourth-order valence-electron chi connectivity index (χ4n) is 6.41. The van der Waals surface area contributed by atoms with Crippen LogP contribution in [0.1, 0.15) is 62.2 Å². The lowest BCUT2D eigenvalue weighted by Crippen LogP contribution is -2.52. The minimum atomic E-state index is -0.286. The molecule has 196 valence electrons. The Balaban J connectivity index is 1.32. The topological polar surface area (TPSA) is 103 Å². The summed E-state index contributed by atoms with van der Waals surface area (Å²) in [5.74, 6) is 0.0801. The monoisotopic (exact) mass is 503 g/mol. The minimum absolute atomic E-state index is 0.0178. The molecule has 2 aromatic carbocycles. The van der Waals surface area contributed by atoms with Crippen LogP contribution in [0.4, 0.5) is 10.5 Å². The Morgan fingerprint density at radius 3 is 2.46 bits per heavy atom. The van der Waals surface area contributed by atoms with Gasteiger partial charge >= 0.3 is 6.03 Å². The minimum Gasteiger partial charge on any atom is -0.378 e. The number of nitrogens with zero attached hydrogens (tertiary/aromatic N) is 1. The summed E-state index contributed by atoms with van der Waals surface area (Å²) in [6.07, 6.45) is 4.50. The van der Waals surface area contributed by atoms with E-state index in [2.05, 4.69) is 68.6 Å². The van der Waals surface area contributed by atoms with E-state index >= 15 is 0 Å². The lowest BCUT2D eigenvalue weighted by atomic mass is 9.79. The first-order chi connectivity index (χ1) is 18.0. The first-order valence-corrected chi connectivity index (χ1v) is 13.5. The highest BCUT2D eigenvalue weighted by molar-refractivity contribution is 5.83. The van der Waals surface area contributed by atoms with E-state index in [0.717, 1.165) is 44.3 Å². The molecule has 37 heavy (non-hydrogen) atoms. The summed E-state index contributed by atoms with van der Waals surface area (Å²) in [7, 11) is 0. The van der Waals surface area contributed by atoms with Crippen LogP contribution < -0.4 is 21.3 Å². The summed E-state index contributed by atoms with van der Waals surface area (Å²) in [5.41, 5.74) is 3.52. The van der Waals surface area contributed by atoms with E-state index in [1.807, 2.05) is 12.1 Å². The van der Waals surface area contributed by atoms with Crippen molar-refractivity contribution in [3.8, 4) is 0 Å². The van der Waals surface area contributed by atoms with Crippen molar-refractivity contribution in [2.75, 3.05) is 25.0 Å². The standard InChI is InChI=1S/C29H37N5O3/c1-19(35)30-16-17-31-29(37)33-25-14-8-6-12-22(25)28(36)34-18-15-23-26(20-9-3-2-4-10-20)32-24-13-7-5-11-21(24)27(23)34/h2-5,7,9-11,13,22-23,25-27,32H,6,8,12,14-18H2,1H3,(H,30,35)(H2,31,33,37)/t22-,23+,25+,26-,27-/m0/s1. The average molecular weight is 504 g/mol. The summed E-state index contributed by atoms with van der Waals surface area (Å²) in [5, 5.41) is 12.3. The first-order valence-electron chi connectivity index (χ1n) is 13.5. The highest BCUT2D eigenvalue weighted by Gasteiger charge is 2.48. The number of anilines is 1. The van der Waals surface area contributed by atoms with Crippen LogP contribution in [0.25, 0.3) is 0 Å². The number of carbonyl (C=O) groups excluding carboxylic acids is 3. The van der Waals surface area contributed by atoms with E-state index in [9.17, 15) is 14.4 Å². The van der Waals surface area contributed by atoms with Crippen LogP contribution in [0.5, 0.6) is 0 Å². The van der Waals surface area contributed by atoms with Gasteiger partial charge in [-0.3, -0.25) is 9.59 Å². The molecule has 8 nitrogen and oxygen atoms in total. The molecule has 0 aromatic heterocycles. The Kier molecular flexibility index (Phi) is 7.63. The molecule has 0 unspecified atom stereocenters. The second-order valence-electron chi connectivity index (χ2n) is 10.4. The highest BCUT2D eigenvalue weighted by Crippen LogP contribution is 2.51. The molecule has 4 amide bonds. The van der Waals surface area contributed by atoms with E-state index in [0.29, 0.717) is 13.1 Å². The molecule has 4 N–H and O–H groups in total. The second-order valence-corrected chi connectivity index (χ2v) is 10.4. The molecule has 2 heterocycles. The molecule has 1 saturated carbocycles. The molecule has 1 aliphatic carbocycles. The maximum Gasteiger partial charge on any atom is 0.315 e. The van der Waals surface area contributed by atoms with Crippen molar-refractivity contribution in [3.05, 3.63) is 65.7 Å². The van der Waals surface area contributed by atoms with Crippen LogP contribution >= 0.6 is 0 Å². The highest BCUT2D eigenvalue weighted by atomic mass is 16.2. The van der Waals surface area contributed by atoms with Gasteiger partial charge in [-0.25, -0.2) is 4.79 Å². The van der Waals surface area contributed by atoms with Gasteiger partial charge in [-0.05, 0) is 36.5 Å². The zero-order valence-electron chi connectivity index (χ0n) is 21.4. The summed E-state index contributed by atoms with van der Waals surface area (Å²) < 4.78 is 0. The van der Waals surface area contributed by atoms with Crippen molar-refractivity contribution in [1.29, 1.82) is 0 Å². The molecule has 2 aromatic rings. The Labute approximate surface area is 218 Å². The molecule has 0 bridgehead atoms. The molecule has 1 saturated heterocycles. The van der Waals surface area contributed by atoms with Gasteiger partial charge in [-0.15, -0.1) is 0 Å². The lowest BCUT2D eigenvalue weighted by molar-refractivity contribution is -0.139. The number of hydrogen-bond acceptors (Lipinski definition) is 4. The van der Waals surface area contributed by atoms with E-state index in [-0.39, 0.29) is 47.8 Å². The van der Waals surface area contributed by atoms with Crippen LogP contribution in [0.3, 0.4) is 0 Å². The van der Waals surface area contributed by atoms with Crippen LogP contribution in [0.2, 0.25) is 0 Å². The predicted octanol–water partition coefficient (Wildman–Crippen LogP) is 3.74. The number of rotatable bonds is 6. The van der Waals surface area contributed by atoms with Gasteiger partial charge in [0, 0.05) is 44.2 Å². The zero-order valence-corrected chi connectivity index (χ0v) is 21.4. The third-order valence-corrected chi connectivity index (χ3v) is 8.09. The van der Waals surface area contributed by atoms with Crippen LogP contribution in [0, 0.1) is 11.8 Å². The van der Waals surface area contributed by atoms with E-state index in [4.69, 9.17) is 0 Å². The largest absolute Gasteiger partial charge is 0.378 e. The van der Waals surface area contributed by atoms with E-state index in [1.54, 1.807) is 0 Å². The molecule has 2 fully saturated rings. The lowest BCUT2D eigenvalue weighted by Gasteiger charge is -2.42. The van der Waals surface area contributed by atoms with E-state index < -0.39 is 0 Å². The summed E-state index contributed by atoms with van der Waals surface area (Å²) >= 11 is 0. The average Bonchev–Trinajstić information content (AvgIpc) is 3.37. The number of urea groups is 1. The SMILES string of the molecule is CC(=O)NCCNC(=O)N[C@@H]1CCCC[C@@H]1C(=O)N1CC[C@@H]2[C@H](c3ccccc3)Nc3ccccc3[C@@H]21. The van der Waals surface area contributed by atoms with Crippen LogP contribution in [-0.2, 0) is 9.59 Å². The summed E-state index contributed by atoms with van der Waals surface area (Å²) in [6, 6.07) is 18.6. The zero-order chi connectivity index (χ0) is 25.8. The summed E-state index contributed by atoms with van der Waals surface area (Å²) in [6.45, 7) is 2.89. The third kappa shape index (κ3) is 5.43.